The van der Waals surface area contributed by atoms with Gasteiger partial charge in [0.1, 0.15) is 0 Å². The second-order valence-electron chi connectivity index (χ2n) is 6.19. The molecular weight excluding hydrogens is 270 g/mol. The van der Waals surface area contributed by atoms with Crippen LogP contribution in [0.3, 0.4) is 0 Å². The van der Waals surface area contributed by atoms with Crippen molar-refractivity contribution in [3.8, 4) is 0 Å². The van der Waals surface area contributed by atoms with E-state index in [1.54, 1.807) is 0 Å². The number of nitrogen functional groups attached to an aromatic ring is 1. The van der Waals surface area contributed by atoms with Gasteiger partial charge in [-0.3, -0.25) is 4.21 Å². The first-order valence-electron chi connectivity index (χ1n) is 7.50. The lowest BCUT2D eigenvalue weighted by Crippen LogP contribution is -2.41. The van der Waals surface area contributed by atoms with Crippen molar-refractivity contribution in [3.05, 3.63) is 23.8 Å². The normalized spacial score (nSPS) is 26.8. The molecule has 1 aromatic rings. The number of rotatable bonds is 2. The van der Waals surface area contributed by atoms with Gasteiger partial charge in [-0.05, 0) is 50.3 Å². The van der Waals surface area contributed by atoms with Crippen LogP contribution < -0.4 is 5.73 Å². The molecule has 1 spiro atoms. The lowest BCUT2D eigenvalue weighted by Gasteiger charge is -2.38. The third-order valence-corrected chi connectivity index (χ3v) is 6.45. The number of aryl methyl sites for hydroxylation is 1. The Labute approximate surface area is 123 Å². The Morgan fingerprint density at radius 1 is 1.35 bits per heavy atom. The zero-order valence-electron chi connectivity index (χ0n) is 12.1. The van der Waals surface area contributed by atoms with Gasteiger partial charge in [0.2, 0.25) is 0 Å². The van der Waals surface area contributed by atoms with E-state index < -0.39 is 10.8 Å². The van der Waals surface area contributed by atoms with Crippen LogP contribution in [0.15, 0.2) is 23.1 Å². The third kappa shape index (κ3) is 2.63. The Hall–Kier alpha value is -0.870. The molecule has 0 bridgehead atoms. The first kappa shape index (κ1) is 14.1. The lowest BCUT2D eigenvalue weighted by atomic mass is 9.92. The van der Waals surface area contributed by atoms with E-state index >= 15 is 0 Å². The summed E-state index contributed by atoms with van der Waals surface area (Å²) in [6.07, 6.45) is 6.54. The standard InChI is InChI=1S/C16H23NO2S/c1-12-4-5-14(17)15(10-12)20(18)13-6-9-19-16(11-13)7-2-3-8-16/h4-5,10,13H,2-3,6-9,11,17H2,1H3. The summed E-state index contributed by atoms with van der Waals surface area (Å²) < 4.78 is 18.9. The second-order valence-corrected chi connectivity index (χ2v) is 7.89. The van der Waals surface area contributed by atoms with Gasteiger partial charge in [0, 0.05) is 17.5 Å². The van der Waals surface area contributed by atoms with Gasteiger partial charge in [0.25, 0.3) is 0 Å². The molecule has 1 aromatic carbocycles. The van der Waals surface area contributed by atoms with Crippen molar-refractivity contribution in [2.75, 3.05) is 12.3 Å². The predicted octanol–water partition coefficient (Wildman–Crippen LogP) is 3.18. The van der Waals surface area contributed by atoms with Crippen LogP contribution in [0.4, 0.5) is 5.69 Å². The van der Waals surface area contributed by atoms with Crippen LogP contribution in [0.5, 0.6) is 0 Å². The maximum absolute atomic E-state index is 12.9. The summed E-state index contributed by atoms with van der Waals surface area (Å²) in [6.45, 7) is 2.75. The summed E-state index contributed by atoms with van der Waals surface area (Å²) in [5.41, 5.74) is 7.80. The Morgan fingerprint density at radius 2 is 2.10 bits per heavy atom. The van der Waals surface area contributed by atoms with Crippen LogP contribution in [-0.4, -0.2) is 21.7 Å². The summed E-state index contributed by atoms with van der Waals surface area (Å²) in [5, 5.41) is 0.186. The Bertz CT molecular complexity index is 523. The van der Waals surface area contributed by atoms with Crippen LogP contribution in [-0.2, 0) is 15.5 Å². The molecule has 0 amide bonds. The second kappa shape index (κ2) is 5.49. The molecule has 1 saturated carbocycles. The van der Waals surface area contributed by atoms with Gasteiger partial charge in [-0.2, -0.15) is 0 Å². The molecule has 110 valence electrons. The van der Waals surface area contributed by atoms with Gasteiger partial charge in [0.15, 0.2) is 0 Å². The van der Waals surface area contributed by atoms with Crippen LogP contribution in [0, 0.1) is 6.92 Å². The van der Waals surface area contributed by atoms with E-state index in [2.05, 4.69) is 0 Å². The number of benzene rings is 1. The van der Waals surface area contributed by atoms with Crippen LogP contribution in [0.25, 0.3) is 0 Å². The fraction of sp³-hybridized carbons (Fsp3) is 0.625. The Balaban J connectivity index is 1.81. The average molecular weight is 293 g/mol. The van der Waals surface area contributed by atoms with Crippen molar-refractivity contribution in [1.29, 1.82) is 0 Å². The SMILES string of the molecule is Cc1ccc(N)c(S(=O)C2CCOC3(CCCC3)C2)c1. The highest BCUT2D eigenvalue weighted by Gasteiger charge is 2.41. The van der Waals surface area contributed by atoms with E-state index in [1.807, 2.05) is 25.1 Å². The zero-order chi connectivity index (χ0) is 14.2. The van der Waals surface area contributed by atoms with Crippen LogP contribution in [0.1, 0.15) is 44.1 Å². The highest BCUT2D eigenvalue weighted by Crippen LogP contribution is 2.42. The van der Waals surface area contributed by atoms with Crippen molar-refractivity contribution >= 4 is 16.5 Å². The summed E-state index contributed by atoms with van der Waals surface area (Å²) in [5.74, 6) is 0. The van der Waals surface area contributed by atoms with Crippen LogP contribution >= 0.6 is 0 Å². The van der Waals surface area contributed by atoms with E-state index in [4.69, 9.17) is 10.5 Å². The molecule has 1 aliphatic heterocycles. The van der Waals surface area contributed by atoms with Crippen molar-refractivity contribution in [3.63, 3.8) is 0 Å². The van der Waals surface area contributed by atoms with E-state index in [-0.39, 0.29) is 10.9 Å². The lowest BCUT2D eigenvalue weighted by molar-refractivity contribution is -0.0708. The summed E-state index contributed by atoms with van der Waals surface area (Å²) in [7, 11) is -1.02. The molecule has 4 heteroatoms. The van der Waals surface area contributed by atoms with Gasteiger partial charge in [-0.15, -0.1) is 0 Å². The minimum Gasteiger partial charge on any atom is -0.398 e. The summed E-state index contributed by atoms with van der Waals surface area (Å²) >= 11 is 0. The molecule has 20 heavy (non-hydrogen) atoms. The van der Waals surface area contributed by atoms with Crippen molar-refractivity contribution < 1.29 is 8.95 Å². The van der Waals surface area contributed by atoms with E-state index in [1.165, 1.54) is 12.8 Å². The molecule has 2 unspecified atom stereocenters. The average Bonchev–Trinajstić information content (AvgIpc) is 2.88. The summed E-state index contributed by atoms with van der Waals surface area (Å²) in [6, 6.07) is 5.81. The molecule has 0 radical (unpaired) electrons. The van der Waals surface area contributed by atoms with E-state index in [9.17, 15) is 4.21 Å². The first-order valence-corrected chi connectivity index (χ1v) is 8.72. The highest BCUT2D eigenvalue weighted by molar-refractivity contribution is 7.85. The maximum Gasteiger partial charge on any atom is 0.0694 e. The minimum atomic E-state index is -1.02. The van der Waals surface area contributed by atoms with Crippen LogP contribution in [0.2, 0.25) is 0 Å². The van der Waals surface area contributed by atoms with E-state index in [0.29, 0.717) is 5.69 Å². The number of nitrogens with two attached hydrogens (primary N) is 1. The molecule has 2 atom stereocenters. The molecule has 3 nitrogen and oxygen atoms in total. The van der Waals surface area contributed by atoms with Crippen molar-refractivity contribution in [1.82, 2.24) is 0 Å². The van der Waals surface area contributed by atoms with Crippen molar-refractivity contribution in [2.45, 2.75) is 61.2 Å². The smallest absolute Gasteiger partial charge is 0.0694 e. The number of hydrogen-bond donors (Lipinski definition) is 1. The number of anilines is 1. The molecule has 3 rings (SSSR count). The molecular formula is C16H23NO2S. The topological polar surface area (TPSA) is 52.3 Å². The molecule has 1 saturated heterocycles. The van der Waals surface area contributed by atoms with E-state index in [0.717, 1.165) is 42.7 Å². The molecule has 2 aliphatic rings. The first-order chi connectivity index (χ1) is 9.60. The fourth-order valence-electron chi connectivity index (χ4n) is 3.53. The summed E-state index contributed by atoms with van der Waals surface area (Å²) in [4.78, 5) is 0.810. The molecule has 2 fully saturated rings. The molecule has 1 heterocycles. The molecule has 0 aromatic heterocycles. The van der Waals surface area contributed by atoms with Gasteiger partial charge < -0.3 is 10.5 Å². The number of hydrogen-bond acceptors (Lipinski definition) is 3. The van der Waals surface area contributed by atoms with Gasteiger partial charge in [-0.1, -0.05) is 18.9 Å². The van der Waals surface area contributed by atoms with Gasteiger partial charge in [-0.25, -0.2) is 0 Å². The highest BCUT2D eigenvalue weighted by atomic mass is 32.2. The minimum absolute atomic E-state index is 0.0111. The molecule has 2 N–H and O–H groups in total. The van der Waals surface area contributed by atoms with Gasteiger partial charge >= 0.3 is 0 Å². The fourth-order valence-corrected chi connectivity index (χ4v) is 5.26. The third-order valence-electron chi connectivity index (χ3n) is 4.65. The number of ether oxygens (including phenoxy) is 1. The monoisotopic (exact) mass is 293 g/mol. The van der Waals surface area contributed by atoms with Crippen molar-refractivity contribution in [2.24, 2.45) is 0 Å². The largest absolute Gasteiger partial charge is 0.398 e. The maximum atomic E-state index is 12.9. The predicted molar refractivity (Wildman–Crippen MR) is 82.2 cm³/mol. The zero-order valence-corrected chi connectivity index (χ0v) is 12.9. The quantitative estimate of drug-likeness (QED) is 0.852. The van der Waals surface area contributed by atoms with Gasteiger partial charge in [0.05, 0.1) is 21.3 Å². The Morgan fingerprint density at radius 3 is 2.85 bits per heavy atom. The Kier molecular flexibility index (Phi) is 3.87. The molecule has 1 aliphatic carbocycles.